The minimum absolute atomic E-state index is 0.327. The summed E-state index contributed by atoms with van der Waals surface area (Å²) in [5.41, 5.74) is 8.35. The van der Waals surface area contributed by atoms with Crippen LogP contribution in [0.15, 0.2) is 36.4 Å². The molecule has 0 saturated heterocycles. The van der Waals surface area contributed by atoms with Crippen molar-refractivity contribution in [3.8, 4) is 0 Å². The van der Waals surface area contributed by atoms with Crippen LogP contribution in [0.2, 0.25) is 0 Å². The number of hydrogen-bond donors (Lipinski definition) is 2. The van der Waals surface area contributed by atoms with Gasteiger partial charge in [0.1, 0.15) is 11.6 Å². The van der Waals surface area contributed by atoms with E-state index >= 15 is 0 Å². The molecule has 1 aromatic carbocycles. The summed E-state index contributed by atoms with van der Waals surface area (Å²) in [5.74, 6) is 1.23. The first kappa shape index (κ1) is 11.0. The van der Waals surface area contributed by atoms with Gasteiger partial charge in [0, 0.05) is 0 Å². The molecule has 1 heterocycles. The first-order valence-corrected chi connectivity index (χ1v) is 6.26. The topological polar surface area (TPSA) is 63.8 Å². The third-order valence-electron chi connectivity index (χ3n) is 3.38. The van der Waals surface area contributed by atoms with Crippen molar-refractivity contribution in [2.45, 2.75) is 25.3 Å². The monoisotopic (exact) mass is 240 g/mol. The van der Waals surface area contributed by atoms with Gasteiger partial charge in [0.2, 0.25) is 0 Å². The van der Waals surface area contributed by atoms with Gasteiger partial charge in [-0.1, -0.05) is 24.3 Å². The first-order chi connectivity index (χ1) is 8.83. The number of nitrogens with one attached hydrogen (secondary N) is 1. The zero-order valence-electron chi connectivity index (χ0n) is 10.1. The van der Waals surface area contributed by atoms with Gasteiger partial charge >= 0.3 is 0 Å². The summed E-state index contributed by atoms with van der Waals surface area (Å²) in [4.78, 5) is 0. The van der Waals surface area contributed by atoms with Crippen molar-refractivity contribution < 1.29 is 0 Å². The molecule has 0 bridgehead atoms. The molecule has 1 unspecified atom stereocenters. The van der Waals surface area contributed by atoms with Crippen molar-refractivity contribution in [1.82, 2.24) is 10.2 Å². The minimum atomic E-state index is 0.327. The van der Waals surface area contributed by atoms with Crippen LogP contribution in [0.25, 0.3) is 0 Å². The molecule has 0 aliphatic heterocycles. The van der Waals surface area contributed by atoms with Crippen LogP contribution in [0, 0.1) is 0 Å². The highest BCUT2D eigenvalue weighted by atomic mass is 15.2. The zero-order chi connectivity index (χ0) is 12.4. The zero-order valence-corrected chi connectivity index (χ0v) is 10.1. The van der Waals surface area contributed by atoms with Crippen LogP contribution in [0.1, 0.15) is 30.0 Å². The molecule has 1 aliphatic carbocycles. The fourth-order valence-electron chi connectivity index (χ4n) is 2.50. The van der Waals surface area contributed by atoms with Crippen molar-refractivity contribution in [3.63, 3.8) is 0 Å². The van der Waals surface area contributed by atoms with Gasteiger partial charge in [-0.3, -0.25) is 0 Å². The number of aryl methyl sites for hydroxylation is 1. The van der Waals surface area contributed by atoms with Gasteiger partial charge in [-0.15, -0.1) is 10.2 Å². The number of nitrogen functional groups attached to an aromatic ring is 1. The van der Waals surface area contributed by atoms with Gasteiger partial charge in [0.25, 0.3) is 0 Å². The first-order valence-electron chi connectivity index (χ1n) is 6.26. The lowest BCUT2D eigenvalue weighted by Crippen LogP contribution is -2.18. The molecule has 3 N–H and O–H groups in total. The van der Waals surface area contributed by atoms with Crippen molar-refractivity contribution in [2.24, 2.45) is 0 Å². The number of aromatic nitrogens is 2. The lowest BCUT2D eigenvalue weighted by molar-refractivity contribution is 0.598. The number of benzene rings is 1. The molecule has 4 heteroatoms. The van der Waals surface area contributed by atoms with Gasteiger partial charge in [0.05, 0.1) is 6.04 Å². The van der Waals surface area contributed by atoms with Crippen LogP contribution < -0.4 is 11.1 Å². The maximum absolute atomic E-state index is 5.54. The average molecular weight is 240 g/mol. The van der Waals surface area contributed by atoms with E-state index in [1.807, 2.05) is 6.07 Å². The second kappa shape index (κ2) is 4.64. The number of rotatable bonds is 2. The summed E-state index contributed by atoms with van der Waals surface area (Å²) in [7, 11) is 0. The highest BCUT2D eigenvalue weighted by Gasteiger charge is 2.19. The highest BCUT2D eigenvalue weighted by molar-refractivity contribution is 5.43. The molecule has 2 aromatic rings. The Labute approximate surface area is 106 Å². The maximum Gasteiger partial charge on any atom is 0.149 e. The smallest absolute Gasteiger partial charge is 0.149 e. The van der Waals surface area contributed by atoms with E-state index in [0.717, 1.165) is 12.2 Å². The van der Waals surface area contributed by atoms with Crippen LogP contribution in [-0.4, -0.2) is 10.2 Å². The fraction of sp³-hybridized carbons (Fsp3) is 0.286. The van der Waals surface area contributed by atoms with E-state index < -0.39 is 0 Å². The molecular weight excluding hydrogens is 224 g/mol. The summed E-state index contributed by atoms with van der Waals surface area (Å²) in [6.45, 7) is 0. The van der Waals surface area contributed by atoms with E-state index in [4.69, 9.17) is 5.73 Å². The van der Waals surface area contributed by atoms with Gasteiger partial charge in [-0.05, 0) is 42.5 Å². The van der Waals surface area contributed by atoms with E-state index in [1.165, 1.54) is 24.0 Å². The molecule has 0 amide bonds. The largest absolute Gasteiger partial charge is 0.382 e. The Kier molecular flexibility index (Phi) is 2.84. The molecule has 0 fully saturated rings. The number of nitrogens with two attached hydrogens (primary N) is 1. The normalized spacial score (nSPS) is 18.1. The molecule has 0 spiro atoms. The molecule has 1 atom stereocenters. The second-order valence-corrected chi connectivity index (χ2v) is 4.63. The number of fused-ring (bicyclic) bond motifs is 1. The van der Waals surface area contributed by atoms with Crippen molar-refractivity contribution in [1.29, 1.82) is 0 Å². The van der Waals surface area contributed by atoms with E-state index in [1.54, 1.807) is 6.07 Å². The fourth-order valence-corrected chi connectivity index (χ4v) is 2.50. The molecule has 4 nitrogen and oxygen atoms in total. The summed E-state index contributed by atoms with van der Waals surface area (Å²) >= 11 is 0. The standard InChI is InChI=1S/C14H16N4/c15-13-8-9-14(18-17-13)16-12-7-3-5-10-4-1-2-6-11(10)12/h1-2,4,6,8-9,12H,3,5,7H2,(H2,15,17)(H,16,18). The van der Waals surface area contributed by atoms with Crippen LogP contribution in [0.4, 0.5) is 11.6 Å². The summed E-state index contributed by atoms with van der Waals surface area (Å²) in [6.07, 6.45) is 3.50. The Bertz CT molecular complexity index is 536. The summed E-state index contributed by atoms with van der Waals surface area (Å²) in [5, 5.41) is 11.4. The van der Waals surface area contributed by atoms with Gasteiger partial charge in [0.15, 0.2) is 0 Å². The molecule has 1 aromatic heterocycles. The Morgan fingerprint density at radius 1 is 1.11 bits per heavy atom. The summed E-state index contributed by atoms with van der Waals surface area (Å²) in [6, 6.07) is 12.6. The van der Waals surface area contributed by atoms with Crippen molar-refractivity contribution >= 4 is 11.6 Å². The molecule has 1 aliphatic rings. The summed E-state index contributed by atoms with van der Waals surface area (Å²) < 4.78 is 0. The number of anilines is 2. The molecule has 0 radical (unpaired) electrons. The molecule has 92 valence electrons. The van der Waals surface area contributed by atoms with Crippen molar-refractivity contribution in [2.75, 3.05) is 11.1 Å². The number of hydrogen-bond acceptors (Lipinski definition) is 4. The van der Waals surface area contributed by atoms with Gasteiger partial charge < -0.3 is 11.1 Å². The second-order valence-electron chi connectivity index (χ2n) is 4.63. The Hall–Kier alpha value is -2.10. The quantitative estimate of drug-likeness (QED) is 0.846. The Balaban J connectivity index is 1.84. The van der Waals surface area contributed by atoms with Crippen LogP contribution in [0.5, 0.6) is 0 Å². The predicted molar refractivity (Wildman–Crippen MR) is 72.2 cm³/mol. The Morgan fingerprint density at radius 2 is 2.00 bits per heavy atom. The molecule has 0 saturated carbocycles. The van der Waals surface area contributed by atoms with Gasteiger partial charge in [-0.25, -0.2) is 0 Å². The lowest BCUT2D eigenvalue weighted by Gasteiger charge is -2.26. The van der Waals surface area contributed by atoms with Gasteiger partial charge in [-0.2, -0.15) is 0 Å². The molecule has 18 heavy (non-hydrogen) atoms. The lowest BCUT2D eigenvalue weighted by atomic mass is 9.88. The van der Waals surface area contributed by atoms with E-state index in [-0.39, 0.29) is 0 Å². The van der Waals surface area contributed by atoms with Crippen LogP contribution in [0.3, 0.4) is 0 Å². The van der Waals surface area contributed by atoms with E-state index in [0.29, 0.717) is 11.9 Å². The average Bonchev–Trinajstić information content (AvgIpc) is 2.42. The van der Waals surface area contributed by atoms with E-state index in [9.17, 15) is 0 Å². The predicted octanol–water partition coefficient (Wildman–Crippen LogP) is 2.55. The SMILES string of the molecule is Nc1ccc(NC2CCCc3ccccc32)nn1. The van der Waals surface area contributed by atoms with E-state index in [2.05, 4.69) is 39.8 Å². The maximum atomic E-state index is 5.54. The molecule has 3 rings (SSSR count). The van der Waals surface area contributed by atoms with Crippen LogP contribution >= 0.6 is 0 Å². The minimum Gasteiger partial charge on any atom is -0.382 e. The highest BCUT2D eigenvalue weighted by Crippen LogP contribution is 2.31. The third-order valence-corrected chi connectivity index (χ3v) is 3.38. The third kappa shape index (κ3) is 2.14. The van der Waals surface area contributed by atoms with Crippen LogP contribution in [-0.2, 0) is 6.42 Å². The van der Waals surface area contributed by atoms with Crippen molar-refractivity contribution in [3.05, 3.63) is 47.5 Å². The Morgan fingerprint density at radius 3 is 2.83 bits per heavy atom. The number of nitrogens with zero attached hydrogens (tertiary/aromatic N) is 2. The molecular formula is C14H16N4.